The Bertz CT molecular complexity index is 712. The van der Waals surface area contributed by atoms with E-state index >= 15 is 0 Å². The van der Waals surface area contributed by atoms with Crippen LogP contribution in [0.5, 0.6) is 0 Å². The van der Waals surface area contributed by atoms with Crippen molar-refractivity contribution in [3.63, 3.8) is 0 Å². The number of imidazole rings is 1. The summed E-state index contributed by atoms with van der Waals surface area (Å²) in [5, 5.41) is 2.90. The maximum absolute atomic E-state index is 14.1. The number of nitrogens with zero attached hydrogens (tertiary/aromatic N) is 2. The third kappa shape index (κ3) is 1.95. The molecule has 0 bridgehead atoms. The minimum absolute atomic E-state index is 0.229. The quantitative estimate of drug-likeness (QED) is 0.869. The predicted octanol–water partition coefficient (Wildman–Crippen LogP) is 2.75. The number of hydrogen-bond donors (Lipinski definition) is 1. The van der Waals surface area contributed by atoms with Crippen LogP contribution in [0.3, 0.4) is 0 Å². The van der Waals surface area contributed by atoms with Crippen LogP contribution in [-0.2, 0) is 12.1 Å². The Kier molecular flexibility index (Phi) is 2.93. The number of nitrogens with one attached hydrogen (secondary N) is 1. The Balaban J connectivity index is 2.11. The highest BCUT2D eigenvalue weighted by molar-refractivity contribution is 9.10. The fraction of sp³-hybridized carbons (Fsp3) is 0.286. The molecule has 6 heteroatoms. The molecule has 0 radical (unpaired) electrons. The minimum atomic E-state index is -0.801. The first kappa shape index (κ1) is 13.3. The summed E-state index contributed by atoms with van der Waals surface area (Å²) in [5.74, 6) is -0.565. The lowest BCUT2D eigenvalue weighted by atomic mass is 9.89. The monoisotopic (exact) mass is 337 g/mol. The molecular formula is C14H13BrFN3O. The van der Waals surface area contributed by atoms with E-state index in [1.54, 1.807) is 30.0 Å². The highest BCUT2D eigenvalue weighted by atomic mass is 79.9. The van der Waals surface area contributed by atoms with Gasteiger partial charge in [0.05, 0.1) is 24.1 Å². The van der Waals surface area contributed by atoms with Crippen LogP contribution in [0.25, 0.3) is 0 Å². The number of hydrogen-bond acceptors (Lipinski definition) is 2. The summed E-state index contributed by atoms with van der Waals surface area (Å²) in [5.41, 5.74) is 0.875. The minimum Gasteiger partial charge on any atom is -0.340 e. The lowest BCUT2D eigenvalue weighted by molar-refractivity contribution is 0.0844. The Morgan fingerprint density at radius 2 is 2.25 bits per heavy atom. The number of aryl methyl sites for hydroxylation is 1. The summed E-state index contributed by atoms with van der Waals surface area (Å²) in [4.78, 5) is 16.4. The average Bonchev–Trinajstić information content (AvgIpc) is 2.73. The molecular weight excluding hydrogens is 325 g/mol. The van der Waals surface area contributed by atoms with E-state index in [2.05, 4.69) is 26.2 Å². The van der Waals surface area contributed by atoms with Crippen molar-refractivity contribution in [2.24, 2.45) is 0 Å². The van der Waals surface area contributed by atoms with Gasteiger partial charge in [-0.25, -0.2) is 9.37 Å². The second-order valence-corrected chi connectivity index (χ2v) is 6.13. The Labute approximate surface area is 124 Å². The van der Waals surface area contributed by atoms with E-state index in [4.69, 9.17) is 0 Å². The number of benzene rings is 1. The maximum atomic E-state index is 14.1. The van der Waals surface area contributed by atoms with Crippen LogP contribution in [0.4, 0.5) is 4.39 Å². The van der Waals surface area contributed by atoms with Crippen molar-refractivity contribution >= 4 is 21.8 Å². The van der Waals surface area contributed by atoms with Gasteiger partial charge in [0.25, 0.3) is 5.91 Å². The second kappa shape index (κ2) is 4.41. The first-order valence-electron chi connectivity index (χ1n) is 6.20. The summed E-state index contributed by atoms with van der Waals surface area (Å²) in [6, 6.07) is 4.73. The van der Waals surface area contributed by atoms with Gasteiger partial charge in [-0.15, -0.1) is 0 Å². The van der Waals surface area contributed by atoms with Crippen molar-refractivity contribution in [3.8, 4) is 0 Å². The van der Waals surface area contributed by atoms with E-state index in [1.165, 1.54) is 6.07 Å². The normalized spacial score (nSPS) is 21.5. The molecule has 0 unspecified atom stereocenters. The number of amides is 1. The number of fused-ring (bicyclic) bond motifs is 1. The molecule has 1 N–H and O–H groups in total. The van der Waals surface area contributed by atoms with Crippen molar-refractivity contribution in [2.75, 3.05) is 0 Å². The lowest BCUT2D eigenvalue weighted by Crippen LogP contribution is -2.51. The first-order chi connectivity index (χ1) is 9.40. The van der Waals surface area contributed by atoms with E-state index in [0.29, 0.717) is 23.5 Å². The van der Waals surface area contributed by atoms with Crippen LogP contribution in [0.2, 0.25) is 0 Å². The van der Waals surface area contributed by atoms with Gasteiger partial charge in [-0.1, -0.05) is 15.9 Å². The van der Waals surface area contributed by atoms with Gasteiger partial charge >= 0.3 is 0 Å². The molecule has 1 aliphatic heterocycles. The molecule has 0 spiro atoms. The molecule has 0 aliphatic carbocycles. The van der Waals surface area contributed by atoms with Gasteiger partial charge in [0.15, 0.2) is 0 Å². The van der Waals surface area contributed by atoms with Crippen molar-refractivity contribution in [3.05, 3.63) is 51.8 Å². The SMILES string of the molecule is Cc1ncn2c1C(=O)N[C@](C)(c1cc(Br)ccc1F)C2. The third-order valence-electron chi connectivity index (χ3n) is 3.63. The smallest absolute Gasteiger partial charge is 0.270 e. The molecule has 3 rings (SSSR count). The molecule has 0 fully saturated rings. The highest BCUT2D eigenvalue weighted by Gasteiger charge is 2.38. The number of carbonyl (C=O) groups is 1. The van der Waals surface area contributed by atoms with Crippen molar-refractivity contribution in [1.82, 2.24) is 14.9 Å². The van der Waals surface area contributed by atoms with Crippen LogP contribution in [0.15, 0.2) is 29.0 Å². The zero-order valence-electron chi connectivity index (χ0n) is 11.1. The first-order valence-corrected chi connectivity index (χ1v) is 7.00. The average molecular weight is 338 g/mol. The van der Waals surface area contributed by atoms with E-state index < -0.39 is 5.54 Å². The van der Waals surface area contributed by atoms with Gasteiger partial charge in [-0.3, -0.25) is 4.79 Å². The zero-order chi connectivity index (χ0) is 14.5. The van der Waals surface area contributed by atoms with Gasteiger partial charge in [0, 0.05) is 10.0 Å². The van der Waals surface area contributed by atoms with E-state index in [-0.39, 0.29) is 11.7 Å². The molecule has 104 valence electrons. The van der Waals surface area contributed by atoms with Crippen molar-refractivity contribution in [2.45, 2.75) is 25.9 Å². The Morgan fingerprint density at radius 1 is 1.50 bits per heavy atom. The molecule has 1 aromatic heterocycles. The summed E-state index contributed by atoms with van der Waals surface area (Å²) >= 11 is 3.34. The maximum Gasteiger partial charge on any atom is 0.270 e. The second-order valence-electron chi connectivity index (χ2n) is 5.22. The molecule has 20 heavy (non-hydrogen) atoms. The molecule has 1 aliphatic rings. The van der Waals surface area contributed by atoms with Crippen LogP contribution in [0.1, 0.15) is 28.7 Å². The van der Waals surface area contributed by atoms with Crippen molar-refractivity contribution < 1.29 is 9.18 Å². The molecule has 1 atom stereocenters. The lowest BCUT2D eigenvalue weighted by Gasteiger charge is -2.36. The van der Waals surface area contributed by atoms with Gasteiger partial charge in [-0.05, 0) is 32.0 Å². The number of rotatable bonds is 1. The van der Waals surface area contributed by atoms with Crippen LogP contribution in [-0.4, -0.2) is 15.5 Å². The number of aromatic nitrogens is 2. The summed E-state index contributed by atoms with van der Waals surface area (Å²) in [7, 11) is 0. The van der Waals surface area contributed by atoms with Gasteiger partial charge in [0.1, 0.15) is 11.5 Å². The van der Waals surface area contributed by atoms with Crippen LogP contribution in [0, 0.1) is 12.7 Å². The van der Waals surface area contributed by atoms with Gasteiger partial charge < -0.3 is 9.88 Å². The van der Waals surface area contributed by atoms with E-state index in [9.17, 15) is 9.18 Å². The standard InChI is InChI=1S/C14H13BrFN3O/c1-8-12-13(20)18-14(2,6-19(12)7-17-8)10-5-9(15)3-4-11(10)16/h3-5,7H,6H2,1-2H3,(H,18,20)/t14-/m0/s1. The van der Waals surface area contributed by atoms with Crippen LogP contribution >= 0.6 is 15.9 Å². The molecule has 1 aromatic carbocycles. The van der Waals surface area contributed by atoms with Crippen molar-refractivity contribution in [1.29, 1.82) is 0 Å². The molecule has 2 aromatic rings. The number of halogens is 2. The largest absolute Gasteiger partial charge is 0.340 e. The molecule has 1 amide bonds. The summed E-state index contributed by atoms with van der Waals surface area (Å²) in [6.45, 7) is 4.05. The molecule has 0 saturated heterocycles. The van der Waals surface area contributed by atoms with Crippen LogP contribution < -0.4 is 5.32 Å². The summed E-state index contributed by atoms with van der Waals surface area (Å²) < 4.78 is 16.7. The van der Waals surface area contributed by atoms with Gasteiger partial charge in [-0.2, -0.15) is 0 Å². The fourth-order valence-electron chi connectivity index (χ4n) is 2.66. The topological polar surface area (TPSA) is 46.9 Å². The highest BCUT2D eigenvalue weighted by Crippen LogP contribution is 2.31. The summed E-state index contributed by atoms with van der Waals surface area (Å²) in [6.07, 6.45) is 1.62. The zero-order valence-corrected chi connectivity index (χ0v) is 12.7. The third-order valence-corrected chi connectivity index (χ3v) is 4.13. The predicted molar refractivity (Wildman–Crippen MR) is 75.9 cm³/mol. The fourth-order valence-corrected chi connectivity index (χ4v) is 3.02. The molecule has 0 saturated carbocycles. The Morgan fingerprint density at radius 3 is 3.00 bits per heavy atom. The Hall–Kier alpha value is -1.69. The van der Waals surface area contributed by atoms with E-state index in [1.807, 2.05) is 6.92 Å². The van der Waals surface area contributed by atoms with Gasteiger partial charge in [0.2, 0.25) is 0 Å². The number of carbonyl (C=O) groups excluding carboxylic acids is 1. The van der Waals surface area contributed by atoms with E-state index in [0.717, 1.165) is 4.47 Å². The molecule has 2 heterocycles. The molecule has 4 nitrogen and oxygen atoms in total.